The fourth-order valence-electron chi connectivity index (χ4n) is 3.53. The molecule has 3 rings (SSSR count). The number of nitrogens with two attached hydrogens (primary N) is 2. The Balaban J connectivity index is 1.91. The highest BCUT2D eigenvalue weighted by Gasteiger charge is 2.36. The fraction of sp³-hybridized carbons (Fsp3) is 0.333. The molecule has 0 fully saturated rings. The second-order valence-electron chi connectivity index (χ2n) is 7.97. The molecule has 1 aromatic heterocycles. The van der Waals surface area contributed by atoms with E-state index in [1.165, 1.54) is 7.11 Å². The number of ether oxygens (including phenoxy) is 1. The molecule has 0 atom stereocenters. The average molecular weight is 411 g/mol. The van der Waals surface area contributed by atoms with Crippen LogP contribution in [-0.2, 0) is 11.2 Å². The second-order valence-corrected chi connectivity index (χ2v) is 7.97. The lowest BCUT2D eigenvalue weighted by Crippen LogP contribution is -2.27. The molecule has 1 aliphatic rings. The van der Waals surface area contributed by atoms with Crippen molar-refractivity contribution < 1.29 is 18.7 Å². The molecule has 9 heteroatoms. The first-order valence-electron chi connectivity index (χ1n) is 9.39. The maximum absolute atomic E-state index is 12.9. The van der Waals surface area contributed by atoms with Crippen molar-refractivity contribution >= 4 is 29.2 Å². The van der Waals surface area contributed by atoms with E-state index in [1.54, 1.807) is 31.2 Å². The standard InChI is InChI=1S/C21H25N5O4/c1-11-16-14(25-26-20(22)23)9-21(2,3)10-15(16)30-17(11)18(27)24-13-7-5-12(6-8-13)19(28)29-4/h5-8H,9-10H2,1-4H3,(H,24,27)(H4,22,23,26)/b25-14-. The van der Waals surface area contributed by atoms with Crippen LogP contribution in [0, 0.1) is 12.3 Å². The summed E-state index contributed by atoms with van der Waals surface area (Å²) >= 11 is 0. The highest BCUT2D eigenvalue weighted by molar-refractivity contribution is 6.09. The molecule has 0 bridgehead atoms. The van der Waals surface area contributed by atoms with E-state index in [-0.39, 0.29) is 17.1 Å². The van der Waals surface area contributed by atoms with Crippen LogP contribution in [0.15, 0.2) is 38.9 Å². The van der Waals surface area contributed by atoms with Crippen molar-refractivity contribution in [3.8, 4) is 0 Å². The number of rotatable bonds is 4. The fourth-order valence-corrected chi connectivity index (χ4v) is 3.53. The summed E-state index contributed by atoms with van der Waals surface area (Å²) in [5.74, 6) is -0.0991. The molecular formula is C21H25N5O4. The van der Waals surface area contributed by atoms with Gasteiger partial charge in [-0.25, -0.2) is 4.79 Å². The summed E-state index contributed by atoms with van der Waals surface area (Å²) in [5, 5.41) is 10.8. The molecule has 158 valence electrons. The molecule has 1 aromatic carbocycles. The molecule has 0 unspecified atom stereocenters. The van der Waals surface area contributed by atoms with Gasteiger partial charge in [-0.3, -0.25) is 4.79 Å². The van der Waals surface area contributed by atoms with Gasteiger partial charge in [0.25, 0.3) is 5.91 Å². The van der Waals surface area contributed by atoms with Crippen LogP contribution in [0.1, 0.15) is 58.1 Å². The van der Waals surface area contributed by atoms with Gasteiger partial charge < -0.3 is 25.9 Å². The Hall–Kier alpha value is -3.62. The van der Waals surface area contributed by atoms with E-state index in [9.17, 15) is 9.59 Å². The maximum Gasteiger partial charge on any atom is 0.337 e. The third-order valence-electron chi connectivity index (χ3n) is 4.85. The van der Waals surface area contributed by atoms with Crippen molar-refractivity contribution in [1.29, 1.82) is 0 Å². The highest BCUT2D eigenvalue weighted by atomic mass is 16.5. The molecule has 1 aliphatic carbocycles. The van der Waals surface area contributed by atoms with Crippen LogP contribution in [-0.4, -0.2) is 30.7 Å². The summed E-state index contributed by atoms with van der Waals surface area (Å²) in [6, 6.07) is 6.39. The minimum Gasteiger partial charge on any atom is -0.465 e. The lowest BCUT2D eigenvalue weighted by atomic mass is 9.75. The summed E-state index contributed by atoms with van der Waals surface area (Å²) in [6.45, 7) is 5.98. The minimum atomic E-state index is -0.447. The van der Waals surface area contributed by atoms with Crippen LogP contribution < -0.4 is 16.8 Å². The second kappa shape index (κ2) is 8.02. The topological polar surface area (TPSA) is 145 Å². The lowest BCUT2D eigenvalue weighted by Gasteiger charge is -2.29. The molecule has 0 saturated heterocycles. The molecule has 0 spiro atoms. The number of carbonyl (C=O) groups excluding carboxylic acids is 2. The molecule has 0 radical (unpaired) electrons. The van der Waals surface area contributed by atoms with Crippen molar-refractivity contribution in [3.05, 3.63) is 52.5 Å². The molecule has 5 N–H and O–H groups in total. The summed E-state index contributed by atoms with van der Waals surface area (Å²) in [5.41, 5.74) is 13.8. The molecule has 9 nitrogen and oxygen atoms in total. The van der Waals surface area contributed by atoms with Gasteiger partial charge in [-0.2, -0.15) is 5.10 Å². The van der Waals surface area contributed by atoms with Gasteiger partial charge in [-0.15, -0.1) is 5.10 Å². The minimum absolute atomic E-state index is 0.119. The Morgan fingerprint density at radius 3 is 2.43 bits per heavy atom. The first-order valence-corrected chi connectivity index (χ1v) is 9.39. The number of esters is 1. The predicted octanol–water partition coefficient (Wildman–Crippen LogP) is 2.58. The maximum atomic E-state index is 12.9. The number of anilines is 1. The van der Waals surface area contributed by atoms with Crippen molar-refractivity contribution in [3.63, 3.8) is 0 Å². The third-order valence-corrected chi connectivity index (χ3v) is 4.85. The Bertz CT molecular complexity index is 1040. The van der Waals surface area contributed by atoms with Crippen LogP contribution in [0.5, 0.6) is 0 Å². The summed E-state index contributed by atoms with van der Waals surface area (Å²) in [4.78, 5) is 24.4. The average Bonchev–Trinajstić information content (AvgIpc) is 3.01. The van der Waals surface area contributed by atoms with Crippen LogP contribution in [0.25, 0.3) is 0 Å². The smallest absolute Gasteiger partial charge is 0.337 e. The van der Waals surface area contributed by atoms with Gasteiger partial charge in [0.2, 0.25) is 5.96 Å². The van der Waals surface area contributed by atoms with Crippen molar-refractivity contribution in [2.24, 2.45) is 27.1 Å². The number of methoxy groups -OCH3 is 1. The normalized spacial score (nSPS) is 15.9. The number of furan rings is 1. The molecule has 2 aromatic rings. The molecule has 0 saturated carbocycles. The van der Waals surface area contributed by atoms with E-state index in [4.69, 9.17) is 15.9 Å². The SMILES string of the molecule is COC(=O)c1ccc(NC(=O)c2oc3c(c2C)/C(=N\N=C(N)N)CC(C)(C)C3)cc1. The van der Waals surface area contributed by atoms with Crippen molar-refractivity contribution in [2.45, 2.75) is 33.6 Å². The van der Waals surface area contributed by atoms with Crippen LogP contribution in [0.3, 0.4) is 0 Å². The summed E-state index contributed by atoms with van der Waals surface area (Å²) in [6.07, 6.45) is 1.30. The van der Waals surface area contributed by atoms with Gasteiger partial charge in [0.05, 0.1) is 18.4 Å². The van der Waals surface area contributed by atoms with Gasteiger partial charge in [0.15, 0.2) is 5.76 Å². The zero-order valence-corrected chi connectivity index (χ0v) is 17.4. The number of guanidine groups is 1. The predicted molar refractivity (Wildman–Crippen MR) is 114 cm³/mol. The molecule has 1 amide bonds. The van der Waals surface area contributed by atoms with Crippen LogP contribution >= 0.6 is 0 Å². The van der Waals surface area contributed by atoms with Crippen molar-refractivity contribution in [1.82, 2.24) is 0 Å². The zero-order valence-electron chi connectivity index (χ0n) is 17.4. The first kappa shape index (κ1) is 21.1. The van der Waals surface area contributed by atoms with Gasteiger partial charge in [0.1, 0.15) is 5.76 Å². The number of nitrogens with zero attached hydrogens (tertiary/aromatic N) is 2. The van der Waals surface area contributed by atoms with E-state index in [2.05, 4.69) is 34.1 Å². The van der Waals surface area contributed by atoms with E-state index < -0.39 is 11.9 Å². The Labute approximate surface area is 174 Å². The third kappa shape index (κ3) is 4.35. The summed E-state index contributed by atoms with van der Waals surface area (Å²) in [7, 11) is 1.31. The monoisotopic (exact) mass is 411 g/mol. The van der Waals surface area contributed by atoms with Gasteiger partial charge in [0, 0.05) is 23.2 Å². The van der Waals surface area contributed by atoms with Crippen LogP contribution in [0.2, 0.25) is 0 Å². The first-order chi connectivity index (χ1) is 14.1. The van der Waals surface area contributed by atoms with E-state index in [0.717, 1.165) is 5.56 Å². The number of nitrogens with one attached hydrogen (secondary N) is 1. The van der Waals surface area contributed by atoms with Gasteiger partial charge in [-0.05, 0) is 43.0 Å². The quantitative estimate of drug-likeness (QED) is 0.305. The van der Waals surface area contributed by atoms with E-state index in [1.807, 2.05) is 0 Å². The highest BCUT2D eigenvalue weighted by Crippen LogP contribution is 2.39. The lowest BCUT2D eigenvalue weighted by molar-refractivity contribution is 0.0600. The number of benzene rings is 1. The van der Waals surface area contributed by atoms with Gasteiger partial charge in [-0.1, -0.05) is 13.8 Å². The molecule has 0 aliphatic heterocycles. The molecule has 30 heavy (non-hydrogen) atoms. The number of hydrogen-bond acceptors (Lipinski definition) is 6. The molecular weight excluding hydrogens is 386 g/mol. The number of carbonyl (C=O) groups is 2. The van der Waals surface area contributed by atoms with Gasteiger partial charge >= 0.3 is 5.97 Å². The van der Waals surface area contributed by atoms with E-state index >= 15 is 0 Å². The summed E-state index contributed by atoms with van der Waals surface area (Å²) < 4.78 is 10.6. The zero-order chi connectivity index (χ0) is 22.1. The largest absolute Gasteiger partial charge is 0.465 e. The number of hydrogen-bond donors (Lipinski definition) is 3. The van der Waals surface area contributed by atoms with Crippen molar-refractivity contribution in [2.75, 3.05) is 12.4 Å². The Kier molecular flexibility index (Phi) is 5.64. The number of amides is 1. The van der Waals surface area contributed by atoms with E-state index in [0.29, 0.717) is 41.1 Å². The Morgan fingerprint density at radius 2 is 1.83 bits per heavy atom. The molecule has 1 heterocycles. The van der Waals surface area contributed by atoms with Crippen LogP contribution in [0.4, 0.5) is 5.69 Å². The Morgan fingerprint density at radius 1 is 1.17 bits per heavy atom. The number of fused-ring (bicyclic) bond motifs is 1.